The van der Waals surface area contributed by atoms with E-state index in [1.165, 1.54) is 6.92 Å². The van der Waals surface area contributed by atoms with Gasteiger partial charge in [0.25, 0.3) is 5.91 Å². The van der Waals surface area contributed by atoms with Crippen LogP contribution >= 0.6 is 11.6 Å². The molecule has 0 bridgehead atoms. The molecule has 2 aromatic heterocycles. The lowest BCUT2D eigenvalue weighted by molar-refractivity contribution is -0.150. The molecule has 4 rings (SSSR count). The number of rotatable bonds is 6. The van der Waals surface area contributed by atoms with Gasteiger partial charge in [0.1, 0.15) is 5.82 Å². The number of nitrogens with one attached hydrogen (secondary N) is 1. The number of pyridine rings is 1. The maximum Gasteiger partial charge on any atom is 0.303 e. The second-order valence-corrected chi connectivity index (χ2v) is 7.76. The Morgan fingerprint density at radius 2 is 1.91 bits per heavy atom. The van der Waals surface area contributed by atoms with Crippen LogP contribution in [-0.4, -0.2) is 64.5 Å². The number of halogens is 1. The van der Waals surface area contributed by atoms with Crippen molar-refractivity contribution in [2.45, 2.75) is 13.5 Å². The van der Waals surface area contributed by atoms with Crippen molar-refractivity contribution in [3.8, 4) is 0 Å². The van der Waals surface area contributed by atoms with Gasteiger partial charge in [-0.15, -0.1) is 0 Å². The molecular formula is C22H23ClN6O3. The summed E-state index contributed by atoms with van der Waals surface area (Å²) in [5.41, 5.74) is 1.74. The summed E-state index contributed by atoms with van der Waals surface area (Å²) in [4.78, 5) is 40.5. The van der Waals surface area contributed by atoms with Crippen molar-refractivity contribution in [3.63, 3.8) is 0 Å². The van der Waals surface area contributed by atoms with Crippen molar-refractivity contribution in [3.05, 3.63) is 53.3 Å². The first-order valence-electron chi connectivity index (χ1n) is 10.3. The molecular weight excluding hydrogens is 432 g/mol. The number of benzene rings is 1. The van der Waals surface area contributed by atoms with E-state index in [-0.39, 0.29) is 12.5 Å². The monoisotopic (exact) mass is 454 g/mol. The van der Waals surface area contributed by atoms with E-state index in [0.29, 0.717) is 43.7 Å². The van der Waals surface area contributed by atoms with Crippen LogP contribution in [0.4, 0.5) is 11.8 Å². The maximum absolute atomic E-state index is 12.2. The van der Waals surface area contributed by atoms with E-state index in [9.17, 15) is 9.59 Å². The number of esters is 1. The number of piperazine rings is 1. The summed E-state index contributed by atoms with van der Waals surface area (Å²) in [6.45, 7) is 3.87. The minimum Gasteiger partial charge on any atom is -0.456 e. The molecule has 1 aliphatic rings. The van der Waals surface area contributed by atoms with Gasteiger partial charge in [-0.2, -0.15) is 0 Å². The first-order valence-corrected chi connectivity index (χ1v) is 10.6. The molecule has 166 valence electrons. The van der Waals surface area contributed by atoms with Gasteiger partial charge in [0.2, 0.25) is 5.95 Å². The van der Waals surface area contributed by atoms with Gasteiger partial charge in [-0.05, 0) is 17.7 Å². The Kier molecular flexibility index (Phi) is 6.65. The predicted molar refractivity (Wildman–Crippen MR) is 122 cm³/mol. The van der Waals surface area contributed by atoms with Crippen LogP contribution in [0.5, 0.6) is 0 Å². The van der Waals surface area contributed by atoms with Gasteiger partial charge in [-0.1, -0.05) is 29.8 Å². The molecule has 1 fully saturated rings. The summed E-state index contributed by atoms with van der Waals surface area (Å²) in [5, 5.41) is 4.75. The van der Waals surface area contributed by atoms with Crippen molar-refractivity contribution in [1.82, 2.24) is 19.9 Å². The third kappa shape index (κ3) is 5.05. The summed E-state index contributed by atoms with van der Waals surface area (Å²) < 4.78 is 4.81. The smallest absolute Gasteiger partial charge is 0.303 e. The topological polar surface area (TPSA) is 101 Å². The Morgan fingerprint density at radius 3 is 2.66 bits per heavy atom. The second kappa shape index (κ2) is 9.78. The average Bonchev–Trinajstić information content (AvgIpc) is 2.81. The number of amides is 1. The zero-order valence-corrected chi connectivity index (χ0v) is 18.4. The Balaban J connectivity index is 1.42. The molecule has 0 aliphatic carbocycles. The molecule has 3 aromatic rings. The van der Waals surface area contributed by atoms with Crippen LogP contribution in [0.15, 0.2) is 42.7 Å². The minimum absolute atomic E-state index is 0.191. The molecule has 9 nitrogen and oxygen atoms in total. The predicted octanol–water partition coefficient (Wildman–Crippen LogP) is 2.50. The molecule has 0 atom stereocenters. The highest BCUT2D eigenvalue weighted by Gasteiger charge is 2.23. The first-order chi connectivity index (χ1) is 15.5. The van der Waals surface area contributed by atoms with Crippen molar-refractivity contribution in [2.24, 2.45) is 0 Å². The minimum atomic E-state index is -0.460. The lowest BCUT2D eigenvalue weighted by atomic mass is 10.2. The largest absolute Gasteiger partial charge is 0.456 e. The van der Waals surface area contributed by atoms with Crippen LogP contribution in [-0.2, 0) is 20.9 Å². The van der Waals surface area contributed by atoms with Gasteiger partial charge in [0.05, 0.1) is 10.9 Å². The lowest BCUT2D eigenvalue weighted by Crippen LogP contribution is -2.50. The number of ether oxygens (including phenoxy) is 1. The number of aromatic nitrogens is 3. The SMILES string of the molecule is CC(=O)OCC(=O)N1CCN(c2nccc3nc(NCc4ccccc4Cl)ncc23)CC1. The van der Waals surface area contributed by atoms with Gasteiger partial charge in [-0.25, -0.2) is 15.0 Å². The number of nitrogens with zero attached hydrogens (tertiary/aromatic N) is 5. The normalized spacial score (nSPS) is 13.8. The van der Waals surface area contributed by atoms with Gasteiger partial charge in [0, 0.05) is 57.1 Å². The molecule has 0 saturated carbocycles. The number of anilines is 2. The highest BCUT2D eigenvalue weighted by molar-refractivity contribution is 6.31. The van der Waals surface area contributed by atoms with Gasteiger partial charge in [-0.3, -0.25) is 9.59 Å². The van der Waals surface area contributed by atoms with Crippen molar-refractivity contribution >= 4 is 46.1 Å². The third-order valence-electron chi connectivity index (χ3n) is 5.21. The highest BCUT2D eigenvalue weighted by Crippen LogP contribution is 2.25. The lowest BCUT2D eigenvalue weighted by Gasteiger charge is -2.35. The molecule has 10 heteroatoms. The van der Waals surface area contributed by atoms with E-state index in [2.05, 4.69) is 25.2 Å². The fourth-order valence-corrected chi connectivity index (χ4v) is 3.72. The van der Waals surface area contributed by atoms with Crippen LogP contribution in [0.1, 0.15) is 12.5 Å². The molecule has 1 N–H and O–H groups in total. The Labute approximate surface area is 190 Å². The van der Waals surface area contributed by atoms with Crippen molar-refractivity contribution in [1.29, 1.82) is 0 Å². The van der Waals surface area contributed by atoms with Crippen molar-refractivity contribution < 1.29 is 14.3 Å². The molecule has 3 heterocycles. The zero-order valence-electron chi connectivity index (χ0n) is 17.6. The van der Waals surface area contributed by atoms with E-state index in [4.69, 9.17) is 16.3 Å². The molecule has 1 aromatic carbocycles. The molecule has 1 saturated heterocycles. The molecule has 32 heavy (non-hydrogen) atoms. The molecule has 0 unspecified atom stereocenters. The fourth-order valence-electron chi connectivity index (χ4n) is 3.52. The summed E-state index contributed by atoms with van der Waals surface area (Å²) in [6, 6.07) is 9.48. The first kappa shape index (κ1) is 21.8. The van der Waals surface area contributed by atoms with Crippen LogP contribution in [0.2, 0.25) is 5.02 Å². The standard InChI is InChI=1S/C22H23ClN6O3/c1-15(30)32-14-20(31)28-8-10-29(11-9-28)21-17-13-26-22(27-19(17)6-7-24-21)25-12-16-4-2-3-5-18(16)23/h2-7,13H,8-12,14H2,1H3,(H,25,26,27). The number of carbonyl (C=O) groups is 2. The van der Waals surface area contributed by atoms with Crippen LogP contribution in [0, 0.1) is 0 Å². The summed E-state index contributed by atoms with van der Waals surface area (Å²) in [7, 11) is 0. The van der Waals surface area contributed by atoms with E-state index >= 15 is 0 Å². The number of hydrogen-bond donors (Lipinski definition) is 1. The zero-order chi connectivity index (χ0) is 22.5. The van der Waals surface area contributed by atoms with E-state index < -0.39 is 5.97 Å². The van der Waals surface area contributed by atoms with Crippen LogP contribution < -0.4 is 10.2 Å². The van der Waals surface area contributed by atoms with Gasteiger partial charge >= 0.3 is 5.97 Å². The number of carbonyl (C=O) groups excluding carboxylic acids is 2. The Hall–Kier alpha value is -3.46. The van der Waals surface area contributed by atoms with Gasteiger partial charge in [0.15, 0.2) is 6.61 Å². The molecule has 1 amide bonds. The van der Waals surface area contributed by atoms with Crippen LogP contribution in [0.3, 0.4) is 0 Å². The number of fused-ring (bicyclic) bond motifs is 1. The fraction of sp³-hybridized carbons (Fsp3) is 0.318. The van der Waals surface area contributed by atoms with Gasteiger partial charge < -0.3 is 19.9 Å². The van der Waals surface area contributed by atoms with Crippen molar-refractivity contribution in [2.75, 3.05) is 43.0 Å². The Morgan fingerprint density at radius 1 is 1.12 bits per heavy atom. The average molecular weight is 455 g/mol. The third-order valence-corrected chi connectivity index (χ3v) is 5.58. The quantitative estimate of drug-likeness (QED) is 0.567. The maximum atomic E-state index is 12.2. The summed E-state index contributed by atoms with van der Waals surface area (Å²) in [6.07, 6.45) is 3.48. The molecule has 0 radical (unpaired) electrons. The van der Waals surface area contributed by atoms with E-state index in [0.717, 1.165) is 22.3 Å². The van der Waals surface area contributed by atoms with E-state index in [1.54, 1.807) is 17.3 Å². The number of hydrogen-bond acceptors (Lipinski definition) is 8. The molecule has 1 aliphatic heterocycles. The Bertz CT molecular complexity index is 1130. The van der Waals surface area contributed by atoms with Crippen LogP contribution in [0.25, 0.3) is 10.9 Å². The summed E-state index contributed by atoms with van der Waals surface area (Å²) in [5.74, 6) is 0.642. The molecule has 0 spiro atoms. The van der Waals surface area contributed by atoms with E-state index in [1.807, 2.05) is 30.3 Å². The highest BCUT2D eigenvalue weighted by atomic mass is 35.5. The summed E-state index contributed by atoms with van der Waals surface area (Å²) >= 11 is 6.21. The second-order valence-electron chi connectivity index (χ2n) is 7.35.